The third-order valence-electron chi connectivity index (χ3n) is 2.00. The minimum absolute atomic E-state index is 0.0322. The van der Waals surface area contributed by atoms with Crippen LogP contribution >= 0.6 is 15.9 Å². The average molecular weight is 277 g/mol. The van der Waals surface area contributed by atoms with E-state index in [-0.39, 0.29) is 10.7 Å². The van der Waals surface area contributed by atoms with Crippen LogP contribution in [0.4, 0.5) is 0 Å². The van der Waals surface area contributed by atoms with Crippen LogP contribution in [0, 0.1) is 11.3 Å². The molecule has 1 amide bonds. The Bertz CT molecular complexity index is 228. The molecule has 0 N–H and O–H groups in total. The van der Waals surface area contributed by atoms with Gasteiger partial charge in [0.2, 0.25) is 5.91 Å². The molecule has 4 nitrogen and oxygen atoms in total. The Morgan fingerprint density at radius 1 is 1.60 bits per heavy atom. The smallest absolute Gasteiger partial charge is 0.236 e. The molecule has 0 aliphatic carbocycles. The number of carbonyl (C=O) groups excluding carboxylic acids is 1. The van der Waals surface area contributed by atoms with Crippen LogP contribution in [0.1, 0.15) is 19.8 Å². The Hall–Kier alpha value is -0.600. The summed E-state index contributed by atoms with van der Waals surface area (Å²) in [5, 5.41) is 8.49. The molecule has 0 spiro atoms. The van der Waals surface area contributed by atoms with Gasteiger partial charge in [-0.15, -0.1) is 0 Å². The number of hydrogen-bond acceptors (Lipinski definition) is 3. The Balaban J connectivity index is 4.20. The zero-order valence-corrected chi connectivity index (χ0v) is 10.8. The van der Waals surface area contributed by atoms with Crippen LogP contribution in [0.2, 0.25) is 0 Å². The van der Waals surface area contributed by atoms with E-state index in [4.69, 9.17) is 10.00 Å². The second-order valence-electron chi connectivity index (χ2n) is 3.10. The van der Waals surface area contributed by atoms with E-state index in [2.05, 4.69) is 15.9 Å². The number of alkyl halides is 1. The molecular weight excluding hydrogens is 260 g/mol. The maximum atomic E-state index is 11.8. The monoisotopic (exact) mass is 276 g/mol. The molecular formula is C10H17BrN2O2. The molecule has 5 heteroatoms. The molecule has 86 valence electrons. The Labute approximate surface area is 99.3 Å². The number of halogens is 1. The van der Waals surface area contributed by atoms with Crippen molar-refractivity contribution in [1.29, 1.82) is 5.26 Å². The predicted octanol–water partition coefficient (Wildman–Crippen LogP) is 1.55. The molecule has 0 aromatic heterocycles. The summed E-state index contributed by atoms with van der Waals surface area (Å²) < 4.78 is 4.92. The minimum Gasteiger partial charge on any atom is -0.383 e. The molecule has 0 radical (unpaired) electrons. The van der Waals surface area contributed by atoms with Gasteiger partial charge in [-0.2, -0.15) is 5.26 Å². The summed E-state index contributed by atoms with van der Waals surface area (Å²) in [4.78, 5) is 13.3. The molecule has 0 aliphatic heterocycles. The molecule has 0 saturated carbocycles. The van der Waals surface area contributed by atoms with Crippen LogP contribution in [0.15, 0.2) is 0 Å². The lowest BCUT2D eigenvalue weighted by molar-refractivity contribution is -0.131. The fraction of sp³-hybridized carbons (Fsp3) is 0.800. The van der Waals surface area contributed by atoms with Crippen LogP contribution in [-0.4, -0.2) is 42.4 Å². The first kappa shape index (κ1) is 14.4. The first-order chi connectivity index (χ1) is 7.17. The Morgan fingerprint density at radius 3 is 2.73 bits per heavy atom. The van der Waals surface area contributed by atoms with Crippen LogP contribution in [0.25, 0.3) is 0 Å². The minimum atomic E-state index is -0.159. The van der Waals surface area contributed by atoms with Crippen molar-refractivity contribution < 1.29 is 9.53 Å². The summed E-state index contributed by atoms with van der Waals surface area (Å²) in [7, 11) is 1.60. The van der Waals surface area contributed by atoms with Crippen molar-refractivity contribution in [1.82, 2.24) is 4.90 Å². The fourth-order valence-corrected chi connectivity index (χ4v) is 1.38. The van der Waals surface area contributed by atoms with Crippen LogP contribution < -0.4 is 0 Å². The first-order valence-corrected chi connectivity index (χ1v) is 5.87. The molecule has 15 heavy (non-hydrogen) atoms. The number of rotatable bonds is 7. The number of carbonyl (C=O) groups is 1. The van der Waals surface area contributed by atoms with Gasteiger partial charge in [-0.25, -0.2) is 0 Å². The van der Waals surface area contributed by atoms with Crippen LogP contribution in [-0.2, 0) is 9.53 Å². The van der Waals surface area contributed by atoms with Crippen molar-refractivity contribution in [2.24, 2.45) is 0 Å². The van der Waals surface area contributed by atoms with E-state index in [9.17, 15) is 4.79 Å². The third kappa shape index (κ3) is 5.75. The second kappa shape index (κ2) is 8.69. The lowest BCUT2D eigenvalue weighted by Crippen LogP contribution is -2.39. The normalized spacial score (nSPS) is 11.9. The van der Waals surface area contributed by atoms with Crippen molar-refractivity contribution in [3.05, 3.63) is 0 Å². The van der Waals surface area contributed by atoms with E-state index >= 15 is 0 Å². The molecule has 0 aromatic rings. The number of nitrogens with zero attached hydrogens (tertiary/aromatic N) is 2. The fourth-order valence-electron chi connectivity index (χ4n) is 1.09. The van der Waals surface area contributed by atoms with Gasteiger partial charge in [0, 0.05) is 20.2 Å². The Kier molecular flexibility index (Phi) is 8.34. The van der Waals surface area contributed by atoms with Crippen molar-refractivity contribution in [3.8, 4) is 6.07 Å². The van der Waals surface area contributed by atoms with Gasteiger partial charge in [-0.05, 0) is 6.42 Å². The maximum absolute atomic E-state index is 11.8. The van der Waals surface area contributed by atoms with Gasteiger partial charge in [0.1, 0.15) is 0 Å². The van der Waals surface area contributed by atoms with E-state index < -0.39 is 0 Å². The van der Waals surface area contributed by atoms with E-state index in [1.54, 1.807) is 12.0 Å². The van der Waals surface area contributed by atoms with Crippen LogP contribution in [0.3, 0.4) is 0 Å². The molecule has 1 unspecified atom stereocenters. The zero-order chi connectivity index (χ0) is 11.7. The number of amides is 1. The number of hydrogen-bond donors (Lipinski definition) is 0. The van der Waals surface area contributed by atoms with E-state index in [0.29, 0.717) is 26.1 Å². The summed E-state index contributed by atoms with van der Waals surface area (Å²) in [6, 6.07) is 2.04. The molecule has 1 atom stereocenters. The molecule has 0 aliphatic rings. The summed E-state index contributed by atoms with van der Waals surface area (Å²) >= 11 is 3.31. The SMILES string of the molecule is CCC(Br)C(=O)N(CCC#N)CCOC. The maximum Gasteiger partial charge on any atom is 0.236 e. The highest BCUT2D eigenvalue weighted by Gasteiger charge is 2.19. The molecule has 0 rings (SSSR count). The van der Waals surface area contributed by atoms with E-state index in [1.165, 1.54) is 0 Å². The lowest BCUT2D eigenvalue weighted by atomic mass is 10.3. The van der Waals surface area contributed by atoms with Gasteiger partial charge in [0.25, 0.3) is 0 Å². The van der Waals surface area contributed by atoms with Crippen molar-refractivity contribution in [2.45, 2.75) is 24.6 Å². The molecule has 0 saturated heterocycles. The predicted molar refractivity (Wildman–Crippen MR) is 61.7 cm³/mol. The van der Waals surface area contributed by atoms with Gasteiger partial charge in [0.15, 0.2) is 0 Å². The van der Waals surface area contributed by atoms with E-state index in [1.807, 2.05) is 13.0 Å². The first-order valence-electron chi connectivity index (χ1n) is 4.96. The molecule has 0 bridgehead atoms. The highest BCUT2D eigenvalue weighted by molar-refractivity contribution is 9.10. The zero-order valence-electron chi connectivity index (χ0n) is 9.20. The topological polar surface area (TPSA) is 53.3 Å². The molecule has 0 aromatic carbocycles. The molecule has 0 heterocycles. The third-order valence-corrected chi connectivity index (χ3v) is 3.04. The van der Waals surface area contributed by atoms with Gasteiger partial charge in [0.05, 0.1) is 23.9 Å². The summed E-state index contributed by atoms with van der Waals surface area (Å²) in [5.41, 5.74) is 0. The van der Waals surface area contributed by atoms with Crippen molar-refractivity contribution in [2.75, 3.05) is 26.8 Å². The van der Waals surface area contributed by atoms with Gasteiger partial charge in [-0.3, -0.25) is 4.79 Å². The number of ether oxygens (including phenoxy) is 1. The largest absolute Gasteiger partial charge is 0.383 e. The number of nitriles is 1. The molecule has 0 fully saturated rings. The van der Waals surface area contributed by atoms with Gasteiger partial charge in [-0.1, -0.05) is 22.9 Å². The standard InChI is InChI=1S/C10H17BrN2O2/c1-3-9(11)10(14)13(6-4-5-12)7-8-15-2/h9H,3-4,6-8H2,1-2H3. The van der Waals surface area contributed by atoms with Crippen LogP contribution in [0.5, 0.6) is 0 Å². The quantitative estimate of drug-likeness (QED) is 0.663. The van der Waals surface area contributed by atoms with Gasteiger partial charge >= 0.3 is 0 Å². The summed E-state index contributed by atoms with van der Waals surface area (Å²) in [6.45, 7) is 3.45. The Morgan fingerprint density at radius 2 is 2.27 bits per heavy atom. The van der Waals surface area contributed by atoms with E-state index in [0.717, 1.165) is 6.42 Å². The number of methoxy groups -OCH3 is 1. The summed E-state index contributed by atoms with van der Waals surface area (Å²) in [5.74, 6) is 0.0322. The highest BCUT2D eigenvalue weighted by atomic mass is 79.9. The second-order valence-corrected chi connectivity index (χ2v) is 4.21. The van der Waals surface area contributed by atoms with Crippen molar-refractivity contribution in [3.63, 3.8) is 0 Å². The highest BCUT2D eigenvalue weighted by Crippen LogP contribution is 2.09. The lowest BCUT2D eigenvalue weighted by Gasteiger charge is -2.23. The van der Waals surface area contributed by atoms with Crippen molar-refractivity contribution >= 4 is 21.8 Å². The summed E-state index contributed by atoms with van der Waals surface area (Å²) in [6.07, 6.45) is 1.10. The van der Waals surface area contributed by atoms with Gasteiger partial charge < -0.3 is 9.64 Å². The average Bonchev–Trinajstić information content (AvgIpc) is 2.27.